The zero-order valence-corrected chi connectivity index (χ0v) is 26.4. The molecule has 1 aliphatic heterocycles. The van der Waals surface area contributed by atoms with Crippen molar-refractivity contribution in [2.24, 2.45) is 0 Å². The van der Waals surface area contributed by atoms with Gasteiger partial charge in [0.05, 0.1) is 18.3 Å². The first-order valence-electron chi connectivity index (χ1n) is 13.1. The van der Waals surface area contributed by atoms with E-state index in [1.165, 1.54) is 55.4 Å². The number of esters is 1. The Morgan fingerprint density at radius 2 is 1.93 bits per heavy atom. The van der Waals surface area contributed by atoms with Gasteiger partial charge in [0.15, 0.2) is 0 Å². The molecule has 2 aromatic carbocycles. The molecule has 0 amide bonds. The molecule has 1 aromatic heterocycles. The van der Waals surface area contributed by atoms with Crippen LogP contribution in [0.3, 0.4) is 0 Å². The maximum Gasteiger partial charge on any atom is 0.459 e. The van der Waals surface area contributed by atoms with Gasteiger partial charge in [-0.2, -0.15) is 5.09 Å². The first-order valence-corrected chi connectivity index (χ1v) is 15.9. The van der Waals surface area contributed by atoms with Crippen LogP contribution in [0.15, 0.2) is 75.4 Å². The van der Waals surface area contributed by atoms with Crippen LogP contribution in [0.2, 0.25) is 5.02 Å². The summed E-state index contributed by atoms with van der Waals surface area (Å²) in [5, 5.41) is 13.8. The number of rotatable bonds is 12. The van der Waals surface area contributed by atoms with E-state index in [9.17, 15) is 24.1 Å². The van der Waals surface area contributed by atoms with E-state index in [1.54, 1.807) is 12.1 Å². The molecule has 2 heterocycles. The minimum atomic E-state index is -4.35. The highest BCUT2D eigenvalue weighted by Gasteiger charge is 2.43. The lowest BCUT2D eigenvalue weighted by Crippen LogP contribution is -2.47. The molecule has 0 aliphatic carbocycles. The van der Waals surface area contributed by atoms with Crippen LogP contribution in [0, 0.1) is 0 Å². The summed E-state index contributed by atoms with van der Waals surface area (Å²) in [6.45, 7) is 2.46. The molecule has 43 heavy (non-hydrogen) atoms. The average Bonchev–Trinajstić information content (AvgIpc) is 3.33. The molecule has 3 aromatic rings. The van der Waals surface area contributed by atoms with Gasteiger partial charge in [-0.25, -0.2) is 9.36 Å². The highest BCUT2D eigenvalue weighted by atomic mass is 79.9. The second-order valence-corrected chi connectivity index (χ2v) is 12.7. The molecule has 1 fully saturated rings. The molecule has 4 rings (SSSR count). The molecular formula is C28H30BrClN3O9P. The zero-order valence-electron chi connectivity index (χ0n) is 23.1. The van der Waals surface area contributed by atoms with E-state index in [4.69, 9.17) is 30.1 Å². The minimum absolute atomic E-state index is 0.00521. The minimum Gasteiger partial charge on any atom is -0.459 e. The van der Waals surface area contributed by atoms with Crippen LogP contribution in [-0.4, -0.2) is 45.0 Å². The van der Waals surface area contributed by atoms with Crippen LogP contribution in [0.5, 0.6) is 5.75 Å². The van der Waals surface area contributed by atoms with Crippen molar-refractivity contribution in [2.75, 3.05) is 6.61 Å². The molecule has 1 aliphatic rings. The van der Waals surface area contributed by atoms with Crippen molar-refractivity contribution in [2.45, 2.75) is 50.8 Å². The largest absolute Gasteiger partial charge is 0.459 e. The van der Waals surface area contributed by atoms with Crippen molar-refractivity contribution in [3.8, 4) is 5.75 Å². The molecule has 4 atom stereocenters. The molecular weight excluding hydrogens is 669 g/mol. The van der Waals surface area contributed by atoms with Gasteiger partial charge in [-0.05, 0) is 54.7 Å². The van der Waals surface area contributed by atoms with E-state index in [2.05, 4.69) is 26.0 Å². The summed E-state index contributed by atoms with van der Waals surface area (Å²) in [4.78, 5) is 41.1. The summed E-state index contributed by atoms with van der Waals surface area (Å²) in [5.74, 6) is -0.588. The third-order valence-electron chi connectivity index (χ3n) is 6.34. The highest BCUT2D eigenvalue weighted by Crippen LogP contribution is 2.47. The van der Waals surface area contributed by atoms with Crippen LogP contribution in [0.25, 0.3) is 6.08 Å². The van der Waals surface area contributed by atoms with Gasteiger partial charge in [0.1, 0.15) is 30.2 Å². The Morgan fingerprint density at radius 3 is 2.60 bits per heavy atom. The number of aliphatic hydroxyl groups is 1. The van der Waals surface area contributed by atoms with Gasteiger partial charge in [0.2, 0.25) is 0 Å². The molecule has 0 bridgehead atoms. The first-order chi connectivity index (χ1) is 20.4. The van der Waals surface area contributed by atoms with Crippen LogP contribution in [-0.2, 0) is 30.0 Å². The van der Waals surface area contributed by atoms with Gasteiger partial charge >= 0.3 is 19.4 Å². The van der Waals surface area contributed by atoms with E-state index >= 15 is 0 Å². The number of hydrogen-bond donors (Lipinski definition) is 3. The van der Waals surface area contributed by atoms with Crippen molar-refractivity contribution in [1.82, 2.24) is 14.6 Å². The predicted molar refractivity (Wildman–Crippen MR) is 163 cm³/mol. The molecule has 1 saturated heterocycles. The van der Waals surface area contributed by atoms with Crippen molar-refractivity contribution in [1.29, 1.82) is 0 Å². The summed E-state index contributed by atoms with van der Waals surface area (Å²) < 4.78 is 37.9. The number of aromatic amines is 1. The average molecular weight is 699 g/mol. The maximum absolute atomic E-state index is 14.0. The second-order valence-electron chi connectivity index (χ2n) is 10.1. The number of carbonyl (C=O) groups excluding carboxylic acids is 1. The summed E-state index contributed by atoms with van der Waals surface area (Å²) >= 11 is 9.06. The fourth-order valence-electron chi connectivity index (χ4n) is 4.12. The van der Waals surface area contributed by atoms with Crippen LogP contribution in [0.1, 0.15) is 37.6 Å². The summed E-state index contributed by atoms with van der Waals surface area (Å²) in [6.07, 6.45) is -0.403. The Kier molecular flexibility index (Phi) is 10.8. The van der Waals surface area contributed by atoms with E-state index in [-0.39, 0.29) is 24.3 Å². The normalized spacial score (nSPS) is 20.2. The Hall–Kier alpha value is -3.03. The van der Waals surface area contributed by atoms with E-state index in [0.717, 1.165) is 10.1 Å². The van der Waals surface area contributed by atoms with Crippen LogP contribution < -0.4 is 20.9 Å². The Bertz CT molecular complexity index is 1610. The molecule has 12 nitrogen and oxygen atoms in total. The quantitative estimate of drug-likeness (QED) is 0.182. The lowest BCUT2D eigenvalue weighted by molar-refractivity contribution is -0.151. The van der Waals surface area contributed by atoms with Crippen LogP contribution >= 0.6 is 35.3 Å². The number of nitrogens with one attached hydrogen (secondary N) is 2. The number of aromatic nitrogens is 2. The van der Waals surface area contributed by atoms with E-state index in [1.807, 2.05) is 18.2 Å². The molecule has 0 saturated carbocycles. The van der Waals surface area contributed by atoms with Crippen molar-refractivity contribution < 1.29 is 33.0 Å². The SMILES string of the molecule is CC(C)(NP(=O)(OC[C@H]1O[C@@H](n2cc(/C=C/Br)c(=O)[nH]c2=O)C[C@H]1O)Oc1ccc(Cl)cc1)C(=O)OCc1ccccc1. The molecule has 3 N–H and O–H groups in total. The van der Waals surface area contributed by atoms with Crippen LogP contribution in [0.4, 0.5) is 0 Å². The Balaban J connectivity index is 1.50. The number of halogens is 2. The van der Waals surface area contributed by atoms with E-state index < -0.39 is 55.5 Å². The van der Waals surface area contributed by atoms with Gasteiger partial charge in [0, 0.05) is 17.6 Å². The third kappa shape index (κ3) is 8.76. The lowest BCUT2D eigenvalue weighted by atomic mass is 10.1. The number of carbonyl (C=O) groups is 1. The molecule has 0 radical (unpaired) electrons. The summed E-state index contributed by atoms with van der Waals surface area (Å²) in [7, 11) is -4.35. The summed E-state index contributed by atoms with van der Waals surface area (Å²) in [5.41, 5.74) is -1.92. The third-order valence-corrected chi connectivity index (χ3v) is 8.63. The van der Waals surface area contributed by atoms with Crippen molar-refractivity contribution in [3.05, 3.63) is 103 Å². The number of ether oxygens (including phenoxy) is 2. The second kappa shape index (κ2) is 14.2. The molecule has 0 spiro atoms. The van der Waals surface area contributed by atoms with Gasteiger partial charge in [-0.3, -0.25) is 23.7 Å². The number of H-pyrrole nitrogens is 1. The molecule has 1 unspecified atom stereocenters. The van der Waals surface area contributed by atoms with Gasteiger partial charge in [0.25, 0.3) is 5.56 Å². The first kappa shape index (κ1) is 32.9. The highest BCUT2D eigenvalue weighted by molar-refractivity contribution is 9.11. The van der Waals surface area contributed by atoms with Gasteiger partial charge < -0.3 is 19.1 Å². The molecule has 15 heteroatoms. The Labute approximate surface area is 260 Å². The molecule has 230 valence electrons. The number of benzene rings is 2. The van der Waals surface area contributed by atoms with E-state index in [0.29, 0.717) is 5.02 Å². The summed E-state index contributed by atoms with van der Waals surface area (Å²) in [6, 6.07) is 15.0. The number of aliphatic hydroxyl groups excluding tert-OH is 1. The van der Waals surface area contributed by atoms with Crippen molar-refractivity contribution in [3.63, 3.8) is 0 Å². The van der Waals surface area contributed by atoms with Crippen molar-refractivity contribution >= 4 is 47.3 Å². The fraction of sp³-hybridized carbons (Fsp3) is 0.321. The lowest BCUT2D eigenvalue weighted by Gasteiger charge is -2.30. The number of nitrogens with zero attached hydrogens (tertiary/aromatic N) is 1. The van der Waals surface area contributed by atoms with Gasteiger partial charge in [-0.15, -0.1) is 0 Å². The standard InChI is InChI=1S/C28H30BrClN3O9P/c1-28(2,26(36)39-16-18-6-4-3-5-7-18)32-43(38,42-21-10-8-20(30)9-11-21)40-17-23-22(34)14-24(41-23)33-15-19(12-13-29)25(35)31-27(33)37/h3-13,15,22-24,34H,14,16-17H2,1-2H3,(H,32,38)(H,31,35,37)/b13-12+/t22-,23-,24-,43?/m1/s1. The predicted octanol–water partition coefficient (Wildman–Crippen LogP) is 4.52. The number of hydrogen-bond acceptors (Lipinski definition) is 9. The van der Waals surface area contributed by atoms with Gasteiger partial charge in [-0.1, -0.05) is 57.9 Å². The Morgan fingerprint density at radius 1 is 1.23 bits per heavy atom. The monoisotopic (exact) mass is 697 g/mol. The maximum atomic E-state index is 14.0. The smallest absolute Gasteiger partial charge is 0.459 e. The zero-order chi connectivity index (χ0) is 31.2. The topological polar surface area (TPSA) is 158 Å². The fourth-order valence-corrected chi connectivity index (χ4v) is 6.21.